The first kappa shape index (κ1) is 13.2. The lowest BCUT2D eigenvalue weighted by atomic mass is 10.1. The Morgan fingerprint density at radius 2 is 1.94 bits per heavy atom. The Bertz CT molecular complexity index is 376. The fourth-order valence-corrected chi connectivity index (χ4v) is 1.40. The van der Waals surface area contributed by atoms with Crippen LogP contribution >= 0.6 is 0 Å². The van der Waals surface area contributed by atoms with Crippen LogP contribution in [-0.4, -0.2) is 18.5 Å². The highest BCUT2D eigenvalue weighted by atomic mass is 16.5. The third kappa shape index (κ3) is 4.68. The number of hydrogen-bond acceptors (Lipinski definition) is 3. The zero-order valence-corrected chi connectivity index (χ0v) is 10.1. The number of hydrogen-bond donors (Lipinski definition) is 1. The molecule has 0 aliphatic rings. The highest BCUT2D eigenvalue weighted by Gasteiger charge is 2.14. The third-order valence-electron chi connectivity index (χ3n) is 2.31. The molecule has 0 bridgehead atoms. The molecule has 92 valence electrons. The molecule has 1 N–H and O–H groups in total. The molecule has 0 aromatic heterocycles. The van der Waals surface area contributed by atoms with Crippen molar-refractivity contribution >= 4 is 11.9 Å². The Balaban J connectivity index is 2.71. The molecule has 0 saturated heterocycles. The molecule has 0 radical (unpaired) electrons. The molecule has 1 amide bonds. The van der Waals surface area contributed by atoms with Gasteiger partial charge in [-0.05, 0) is 5.56 Å². The van der Waals surface area contributed by atoms with Gasteiger partial charge in [-0.3, -0.25) is 9.59 Å². The van der Waals surface area contributed by atoms with Gasteiger partial charge < -0.3 is 10.1 Å². The molecule has 1 aromatic rings. The van der Waals surface area contributed by atoms with Crippen molar-refractivity contribution < 1.29 is 14.3 Å². The van der Waals surface area contributed by atoms with Crippen molar-refractivity contribution in [2.45, 2.75) is 26.3 Å². The van der Waals surface area contributed by atoms with Crippen LogP contribution < -0.4 is 5.32 Å². The summed E-state index contributed by atoms with van der Waals surface area (Å²) in [5.41, 5.74) is 0.926. The van der Waals surface area contributed by atoms with E-state index in [9.17, 15) is 9.59 Å². The first-order valence-corrected chi connectivity index (χ1v) is 5.61. The number of benzene rings is 1. The maximum absolute atomic E-state index is 11.4. The van der Waals surface area contributed by atoms with Crippen molar-refractivity contribution in [3.05, 3.63) is 35.9 Å². The highest BCUT2D eigenvalue weighted by molar-refractivity contribution is 5.76. The average molecular weight is 235 g/mol. The lowest BCUT2D eigenvalue weighted by Gasteiger charge is -2.18. The van der Waals surface area contributed by atoms with Crippen LogP contribution in [-0.2, 0) is 14.3 Å². The van der Waals surface area contributed by atoms with E-state index in [1.807, 2.05) is 30.3 Å². The molecule has 1 aromatic carbocycles. The Hall–Kier alpha value is -1.84. The van der Waals surface area contributed by atoms with Gasteiger partial charge in [-0.2, -0.15) is 0 Å². The predicted molar refractivity (Wildman–Crippen MR) is 64.2 cm³/mol. The van der Waals surface area contributed by atoms with E-state index in [2.05, 4.69) is 5.32 Å². The predicted octanol–water partition coefficient (Wildman–Crippen LogP) is 1.82. The van der Waals surface area contributed by atoms with Gasteiger partial charge in [-0.1, -0.05) is 37.3 Å². The van der Waals surface area contributed by atoms with Crippen LogP contribution in [0, 0.1) is 0 Å². The van der Waals surface area contributed by atoms with E-state index >= 15 is 0 Å². The molecule has 0 spiro atoms. The van der Waals surface area contributed by atoms with Crippen molar-refractivity contribution in [2.75, 3.05) is 6.61 Å². The van der Waals surface area contributed by atoms with Gasteiger partial charge in [-0.25, -0.2) is 0 Å². The largest absolute Gasteiger partial charge is 0.463 e. The SMILES string of the molecule is CCC(=O)N[C@@H](COC(C)=O)c1ccccc1. The number of esters is 1. The van der Waals surface area contributed by atoms with Gasteiger partial charge in [0.25, 0.3) is 0 Å². The minimum Gasteiger partial charge on any atom is -0.463 e. The molecule has 1 atom stereocenters. The van der Waals surface area contributed by atoms with Crippen LogP contribution in [0.4, 0.5) is 0 Å². The number of amides is 1. The molecular formula is C13H17NO3. The standard InChI is InChI=1S/C13H17NO3/c1-3-13(16)14-12(9-17-10(2)15)11-7-5-4-6-8-11/h4-8,12H,3,9H2,1-2H3,(H,14,16)/t12-/m0/s1. The van der Waals surface area contributed by atoms with Crippen molar-refractivity contribution in [2.24, 2.45) is 0 Å². The van der Waals surface area contributed by atoms with Gasteiger partial charge >= 0.3 is 5.97 Å². The van der Waals surface area contributed by atoms with Crippen molar-refractivity contribution in [1.82, 2.24) is 5.32 Å². The Morgan fingerprint density at radius 1 is 1.29 bits per heavy atom. The van der Waals surface area contributed by atoms with Gasteiger partial charge in [0, 0.05) is 13.3 Å². The van der Waals surface area contributed by atoms with Crippen LogP contribution in [0.2, 0.25) is 0 Å². The van der Waals surface area contributed by atoms with Gasteiger partial charge in [0.05, 0.1) is 6.04 Å². The maximum atomic E-state index is 11.4. The molecule has 17 heavy (non-hydrogen) atoms. The maximum Gasteiger partial charge on any atom is 0.302 e. The highest BCUT2D eigenvalue weighted by Crippen LogP contribution is 2.13. The average Bonchev–Trinajstić information content (AvgIpc) is 2.35. The molecule has 0 fully saturated rings. The first-order valence-electron chi connectivity index (χ1n) is 5.61. The Morgan fingerprint density at radius 3 is 2.47 bits per heavy atom. The quantitative estimate of drug-likeness (QED) is 0.792. The summed E-state index contributed by atoms with van der Waals surface area (Å²) in [7, 11) is 0. The second-order valence-electron chi connectivity index (χ2n) is 3.69. The minimum absolute atomic E-state index is 0.0639. The normalized spacial score (nSPS) is 11.6. The zero-order chi connectivity index (χ0) is 12.7. The number of carbonyl (C=O) groups is 2. The number of rotatable bonds is 5. The fraction of sp³-hybridized carbons (Fsp3) is 0.385. The van der Waals surface area contributed by atoms with Gasteiger partial charge in [0.15, 0.2) is 0 Å². The summed E-state index contributed by atoms with van der Waals surface area (Å²) in [4.78, 5) is 22.2. The van der Waals surface area contributed by atoms with Gasteiger partial charge in [0.1, 0.15) is 6.61 Å². The number of carbonyl (C=O) groups excluding carboxylic acids is 2. The molecule has 4 heteroatoms. The van der Waals surface area contributed by atoms with E-state index in [1.54, 1.807) is 6.92 Å². The van der Waals surface area contributed by atoms with Crippen LogP contribution in [0.15, 0.2) is 30.3 Å². The van der Waals surface area contributed by atoms with Crippen molar-refractivity contribution in [1.29, 1.82) is 0 Å². The molecule has 1 rings (SSSR count). The van der Waals surface area contributed by atoms with E-state index in [1.165, 1.54) is 6.92 Å². The van der Waals surface area contributed by atoms with E-state index in [4.69, 9.17) is 4.74 Å². The first-order chi connectivity index (χ1) is 8.13. The molecule has 0 aliphatic carbocycles. The molecule has 4 nitrogen and oxygen atoms in total. The third-order valence-corrected chi connectivity index (χ3v) is 2.31. The van der Waals surface area contributed by atoms with Gasteiger partial charge in [-0.15, -0.1) is 0 Å². The zero-order valence-electron chi connectivity index (χ0n) is 10.1. The number of nitrogens with one attached hydrogen (secondary N) is 1. The van der Waals surface area contributed by atoms with Crippen LogP contribution in [0.1, 0.15) is 31.9 Å². The minimum atomic E-state index is -0.350. The molecule has 0 heterocycles. The summed E-state index contributed by atoms with van der Waals surface area (Å²) in [5.74, 6) is -0.414. The summed E-state index contributed by atoms with van der Waals surface area (Å²) in [6, 6.07) is 9.16. The van der Waals surface area contributed by atoms with E-state index in [0.29, 0.717) is 6.42 Å². The molecule has 0 saturated carbocycles. The van der Waals surface area contributed by atoms with Crippen molar-refractivity contribution in [3.63, 3.8) is 0 Å². The molecule has 0 aliphatic heterocycles. The monoisotopic (exact) mass is 235 g/mol. The van der Waals surface area contributed by atoms with Crippen LogP contribution in [0.25, 0.3) is 0 Å². The van der Waals surface area contributed by atoms with Crippen LogP contribution in [0.5, 0.6) is 0 Å². The lowest BCUT2D eigenvalue weighted by molar-refractivity contribution is -0.142. The van der Waals surface area contributed by atoms with Crippen molar-refractivity contribution in [3.8, 4) is 0 Å². The summed E-state index contributed by atoms with van der Waals surface area (Å²) < 4.78 is 4.95. The van der Waals surface area contributed by atoms with Gasteiger partial charge in [0.2, 0.25) is 5.91 Å². The van der Waals surface area contributed by atoms with E-state index < -0.39 is 0 Å². The second kappa shape index (κ2) is 6.68. The Labute approximate surface area is 101 Å². The Kier molecular flexibility index (Phi) is 5.20. The fourth-order valence-electron chi connectivity index (χ4n) is 1.40. The second-order valence-corrected chi connectivity index (χ2v) is 3.69. The molecule has 0 unspecified atom stereocenters. The summed E-state index contributed by atoms with van der Waals surface area (Å²) in [5, 5.41) is 2.82. The number of ether oxygens (including phenoxy) is 1. The summed E-state index contributed by atoms with van der Waals surface area (Å²) in [6.07, 6.45) is 0.406. The topological polar surface area (TPSA) is 55.4 Å². The smallest absolute Gasteiger partial charge is 0.302 e. The lowest BCUT2D eigenvalue weighted by Crippen LogP contribution is -2.31. The molecular weight excluding hydrogens is 218 g/mol. The van der Waals surface area contributed by atoms with E-state index in [-0.39, 0.29) is 24.5 Å². The van der Waals surface area contributed by atoms with Crippen LogP contribution in [0.3, 0.4) is 0 Å². The van der Waals surface area contributed by atoms with E-state index in [0.717, 1.165) is 5.56 Å². The summed E-state index contributed by atoms with van der Waals surface area (Å²) in [6.45, 7) is 3.29. The summed E-state index contributed by atoms with van der Waals surface area (Å²) >= 11 is 0.